The first kappa shape index (κ1) is 24.3. The molecule has 1 unspecified atom stereocenters. The molecule has 7 rings (SSSR count). The third kappa shape index (κ3) is 3.75. The zero-order chi connectivity index (χ0) is 27.3. The maximum atomic E-state index is 7.18. The van der Waals surface area contributed by atoms with Crippen LogP contribution in [0, 0.1) is 0 Å². The van der Waals surface area contributed by atoms with Crippen LogP contribution in [0.25, 0.3) is 16.8 Å². The van der Waals surface area contributed by atoms with Crippen molar-refractivity contribution in [3.8, 4) is 17.2 Å². The highest BCUT2D eigenvalue weighted by molar-refractivity contribution is 6.04. The van der Waals surface area contributed by atoms with Crippen LogP contribution in [-0.4, -0.2) is 20.3 Å². The van der Waals surface area contributed by atoms with Crippen LogP contribution in [0.2, 0.25) is 0 Å². The monoisotopic (exact) mass is 525 g/mol. The lowest BCUT2D eigenvalue weighted by Gasteiger charge is -2.37. The van der Waals surface area contributed by atoms with E-state index in [9.17, 15) is 0 Å². The summed E-state index contributed by atoms with van der Waals surface area (Å²) in [6.07, 6.45) is 5.42. The number of hydrogen-bond acceptors (Lipinski definition) is 4. The Bertz CT molecular complexity index is 1690. The van der Waals surface area contributed by atoms with Gasteiger partial charge in [0, 0.05) is 39.9 Å². The minimum atomic E-state index is -0.820. The first-order valence-electron chi connectivity index (χ1n) is 13.7. The topological polar surface area (TPSA) is 30.9 Å². The van der Waals surface area contributed by atoms with Gasteiger partial charge < -0.3 is 19.1 Å². The molecule has 0 bridgehead atoms. The molecule has 4 heteroatoms. The van der Waals surface area contributed by atoms with E-state index < -0.39 is 5.60 Å². The molecule has 0 amide bonds. The van der Waals surface area contributed by atoms with Crippen LogP contribution < -0.4 is 19.1 Å². The van der Waals surface area contributed by atoms with Crippen molar-refractivity contribution in [3.63, 3.8) is 0 Å². The van der Waals surface area contributed by atoms with Gasteiger partial charge in [0.05, 0.1) is 19.9 Å². The summed E-state index contributed by atoms with van der Waals surface area (Å²) in [6, 6.07) is 36.2. The summed E-state index contributed by atoms with van der Waals surface area (Å²) < 4.78 is 18.1. The van der Waals surface area contributed by atoms with E-state index >= 15 is 0 Å². The van der Waals surface area contributed by atoms with Gasteiger partial charge in [0.2, 0.25) is 0 Å². The van der Waals surface area contributed by atoms with E-state index in [1.807, 2.05) is 24.3 Å². The maximum absolute atomic E-state index is 7.18. The number of ether oxygens (including phenoxy) is 3. The summed E-state index contributed by atoms with van der Waals surface area (Å²) >= 11 is 0. The number of hydrogen-bond donors (Lipinski definition) is 0. The third-order valence-corrected chi connectivity index (χ3v) is 8.29. The number of anilines is 2. The maximum Gasteiger partial charge on any atom is 0.178 e. The van der Waals surface area contributed by atoms with Crippen LogP contribution in [-0.2, 0) is 12.0 Å². The van der Waals surface area contributed by atoms with Crippen LogP contribution in [0.3, 0.4) is 0 Å². The lowest BCUT2D eigenvalue weighted by Crippen LogP contribution is -2.34. The molecule has 0 spiro atoms. The second-order valence-corrected chi connectivity index (χ2v) is 10.5. The van der Waals surface area contributed by atoms with Crippen molar-refractivity contribution in [2.75, 3.05) is 19.1 Å². The highest BCUT2D eigenvalue weighted by Gasteiger charge is 2.38. The zero-order valence-corrected chi connectivity index (χ0v) is 22.9. The minimum Gasteiger partial charge on any atom is -0.497 e. The van der Waals surface area contributed by atoms with Gasteiger partial charge in [0.25, 0.3) is 0 Å². The molecule has 2 aliphatic rings. The molecule has 0 N–H and O–H groups in total. The molecule has 1 atom stereocenters. The second kappa shape index (κ2) is 9.49. The predicted octanol–water partition coefficient (Wildman–Crippen LogP) is 8.29. The average molecular weight is 526 g/mol. The Kier molecular flexibility index (Phi) is 5.78. The molecule has 0 radical (unpaired) electrons. The smallest absolute Gasteiger partial charge is 0.178 e. The molecule has 5 aromatic rings. The molecule has 0 aromatic heterocycles. The summed E-state index contributed by atoms with van der Waals surface area (Å²) in [6.45, 7) is 2.30. The Morgan fingerprint density at radius 1 is 0.725 bits per heavy atom. The van der Waals surface area contributed by atoms with Gasteiger partial charge in [0.15, 0.2) is 5.60 Å². The fourth-order valence-corrected chi connectivity index (χ4v) is 6.30. The quantitative estimate of drug-likeness (QED) is 0.231. The van der Waals surface area contributed by atoms with Crippen LogP contribution in [0.5, 0.6) is 17.2 Å². The number of methoxy groups -OCH3 is 2. The summed E-state index contributed by atoms with van der Waals surface area (Å²) in [5, 5.41) is 2.40. The van der Waals surface area contributed by atoms with Crippen molar-refractivity contribution in [3.05, 3.63) is 131 Å². The van der Waals surface area contributed by atoms with Crippen molar-refractivity contribution in [1.82, 2.24) is 0 Å². The zero-order valence-electron chi connectivity index (χ0n) is 22.9. The summed E-state index contributed by atoms with van der Waals surface area (Å²) in [7, 11) is 3.37. The Morgan fingerprint density at radius 3 is 1.98 bits per heavy atom. The van der Waals surface area contributed by atoms with Crippen LogP contribution in [0.4, 0.5) is 11.4 Å². The third-order valence-electron chi connectivity index (χ3n) is 8.29. The molecule has 2 aliphatic heterocycles. The van der Waals surface area contributed by atoms with E-state index in [0.717, 1.165) is 40.4 Å². The predicted molar refractivity (Wildman–Crippen MR) is 162 cm³/mol. The van der Waals surface area contributed by atoms with E-state index in [4.69, 9.17) is 14.2 Å². The molecule has 0 saturated heterocycles. The lowest BCUT2D eigenvalue weighted by atomic mass is 9.83. The largest absolute Gasteiger partial charge is 0.497 e. The molecule has 40 heavy (non-hydrogen) atoms. The molecule has 2 heterocycles. The number of para-hydroxylation sites is 1. The van der Waals surface area contributed by atoms with Gasteiger partial charge in [-0.05, 0) is 66.8 Å². The van der Waals surface area contributed by atoms with Gasteiger partial charge in [-0.2, -0.15) is 0 Å². The van der Waals surface area contributed by atoms with Crippen LogP contribution in [0.15, 0.2) is 109 Å². The first-order chi connectivity index (χ1) is 19.6. The van der Waals surface area contributed by atoms with Gasteiger partial charge in [-0.25, -0.2) is 0 Å². The van der Waals surface area contributed by atoms with Crippen molar-refractivity contribution < 1.29 is 14.2 Å². The van der Waals surface area contributed by atoms with E-state index in [1.54, 1.807) is 14.2 Å². The molecule has 0 saturated carbocycles. The standard InChI is InChI=1S/C36H31NO3/c1-24-22-25-8-4-7-11-33(25)37(24)34-23-35-32(30-9-5-6-10-31(30)34)20-21-36(40-35,26-12-16-28(38-2)17-13-26)27-14-18-29(39-3)19-15-27/h4-21,23-24H,22H2,1-3H3. The SMILES string of the molecule is COc1ccc(C2(c3ccc(OC)cc3)C=Cc3c(cc(N4c5ccccc5CC4C)c4ccccc34)O2)cc1. The Labute approximate surface area is 235 Å². The van der Waals surface area contributed by atoms with Crippen LogP contribution >= 0.6 is 0 Å². The van der Waals surface area contributed by atoms with E-state index in [2.05, 4.69) is 103 Å². The van der Waals surface area contributed by atoms with Gasteiger partial charge in [-0.15, -0.1) is 0 Å². The number of rotatable bonds is 5. The fourth-order valence-electron chi connectivity index (χ4n) is 6.30. The fraction of sp³-hybridized carbons (Fsp3) is 0.167. The van der Waals surface area contributed by atoms with Crippen molar-refractivity contribution in [2.24, 2.45) is 0 Å². The van der Waals surface area contributed by atoms with E-state index in [0.29, 0.717) is 6.04 Å². The highest BCUT2D eigenvalue weighted by Crippen LogP contribution is 2.49. The first-order valence-corrected chi connectivity index (χ1v) is 13.7. The minimum absolute atomic E-state index is 0.339. The molecule has 198 valence electrons. The Balaban J connectivity index is 1.44. The number of fused-ring (bicyclic) bond motifs is 4. The van der Waals surface area contributed by atoms with Gasteiger partial charge in [-0.1, -0.05) is 66.7 Å². The van der Waals surface area contributed by atoms with Crippen molar-refractivity contribution in [2.45, 2.75) is 25.0 Å². The van der Waals surface area contributed by atoms with Gasteiger partial charge in [-0.3, -0.25) is 0 Å². The van der Waals surface area contributed by atoms with Crippen LogP contribution in [0.1, 0.15) is 29.2 Å². The van der Waals surface area contributed by atoms with Crippen molar-refractivity contribution >= 4 is 28.2 Å². The molecule has 5 aromatic carbocycles. The highest BCUT2D eigenvalue weighted by atomic mass is 16.5. The summed E-state index contributed by atoms with van der Waals surface area (Å²) in [4.78, 5) is 2.47. The van der Waals surface area contributed by atoms with Gasteiger partial charge >= 0.3 is 0 Å². The molecule has 4 nitrogen and oxygen atoms in total. The Morgan fingerprint density at radius 2 is 1.32 bits per heavy atom. The van der Waals surface area contributed by atoms with E-state index in [1.165, 1.54) is 27.7 Å². The number of benzene rings is 5. The normalized spacial score (nSPS) is 16.8. The summed E-state index contributed by atoms with van der Waals surface area (Å²) in [5.74, 6) is 2.48. The summed E-state index contributed by atoms with van der Waals surface area (Å²) in [5.41, 5.74) is 6.13. The molecule has 0 aliphatic carbocycles. The van der Waals surface area contributed by atoms with Gasteiger partial charge in [0.1, 0.15) is 17.2 Å². The number of nitrogens with zero attached hydrogens (tertiary/aromatic N) is 1. The van der Waals surface area contributed by atoms with Crippen molar-refractivity contribution in [1.29, 1.82) is 0 Å². The second-order valence-electron chi connectivity index (χ2n) is 10.5. The lowest BCUT2D eigenvalue weighted by molar-refractivity contribution is 0.161. The molecule has 0 fully saturated rings. The average Bonchev–Trinajstić information content (AvgIpc) is 3.35. The van der Waals surface area contributed by atoms with E-state index in [-0.39, 0.29) is 0 Å². The Hall–Kier alpha value is -4.70. The molecular weight excluding hydrogens is 494 g/mol. The molecular formula is C36H31NO3.